The lowest BCUT2D eigenvalue weighted by Crippen LogP contribution is -2.18. The first kappa shape index (κ1) is 13.0. The number of hydrogen-bond donors (Lipinski definition) is 0. The second-order valence-electron chi connectivity index (χ2n) is 2.87. The van der Waals surface area contributed by atoms with Crippen LogP contribution < -0.4 is 4.74 Å². The quantitative estimate of drug-likeness (QED) is 0.615. The van der Waals surface area contributed by atoms with Gasteiger partial charge in [0.25, 0.3) is 0 Å². The molecule has 88 valence electrons. The van der Waals surface area contributed by atoms with Crippen LogP contribution >= 0.6 is 15.9 Å². The van der Waals surface area contributed by atoms with Crippen LogP contribution in [0.15, 0.2) is 16.6 Å². The first-order valence-corrected chi connectivity index (χ1v) is 4.75. The largest absolute Gasteiger partial charge is 0.573 e. The Morgan fingerprint density at radius 2 is 1.94 bits per heavy atom. The SMILES string of the molecule is CC(=O)c1cc(F)c(Br)c(OC(F)(F)F)c1. The third-order valence-electron chi connectivity index (χ3n) is 1.63. The molecule has 0 fully saturated rings. The summed E-state index contributed by atoms with van der Waals surface area (Å²) in [7, 11) is 0. The van der Waals surface area contributed by atoms with Crippen molar-refractivity contribution < 1.29 is 27.1 Å². The maximum Gasteiger partial charge on any atom is 0.573 e. The van der Waals surface area contributed by atoms with Crippen LogP contribution in [0, 0.1) is 5.82 Å². The topological polar surface area (TPSA) is 26.3 Å². The highest BCUT2D eigenvalue weighted by Gasteiger charge is 2.32. The summed E-state index contributed by atoms with van der Waals surface area (Å²) in [5.41, 5.74) is -0.194. The van der Waals surface area contributed by atoms with Crippen molar-refractivity contribution in [1.82, 2.24) is 0 Å². The molecule has 0 aliphatic rings. The minimum atomic E-state index is -4.94. The van der Waals surface area contributed by atoms with Gasteiger partial charge in [-0.25, -0.2) is 4.39 Å². The van der Waals surface area contributed by atoms with Crippen LogP contribution in [0.5, 0.6) is 5.75 Å². The molecule has 0 N–H and O–H groups in total. The first-order valence-electron chi connectivity index (χ1n) is 3.96. The Balaban J connectivity index is 3.22. The van der Waals surface area contributed by atoms with Crippen LogP contribution in [0.25, 0.3) is 0 Å². The second-order valence-corrected chi connectivity index (χ2v) is 3.67. The molecule has 0 saturated heterocycles. The Labute approximate surface area is 96.3 Å². The minimum absolute atomic E-state index is 0.194. The molecule has 0 saturated carbocycles. The van der Waals surface area contributed by atoms with Gasteiger partial charge in [-0.2, -0.15) is 0 Å². The number of Topliss-reactive ketones (excluding diaryl/α,β-unsaturated/α-hetero) is 1. The lowest BCUT2D eigenvalue weighted by Gasteiger charge is -2.11. The Morgan fingerprint density at radius 1 is 1.38 bits per heavy atom. The van der Waals surface area contributed by atoms with Crippen LogP contribution in [0.1, 0.15) is 17.3 Å². The molecule has 1 aromatic rings. The maximum atomic E-state index is 13.1. The summed E-state index contributed by atoms with van der Waals surface area (Å²) >= 11 is 2.60. The van der Waals surface area contributed by atoms with E-state index in [1.165, 1.54) is 0 Å². The third kappa shape index (κ3) is 3.19. The highest BCUT2D eigenvalue weighted by molar-refractivity contribution is 9.10. The number of alkyl halides is 3. The van der Waals surface area contributed by atoms with E-state index in [1.54, 1.807) is 0 Å². The molecule has 0 atom stereocenters. The van der Waals surface area contributed by atoms with Crippen molar-refractivity contribution in [3.05, 3.63) is 28.0 Å². The van der Waals surface area contributed by atoms with E-state index in [0.29, 0.717) is 0 Å². The minimum Gasteiger partial charge on any atom is -0.404 e. The van der Waals surface area contributed by atoms with Gasteiger partial charge in [-0.1, -0.05) is 0 Å². The zero-order chi connectivity index (χ0) is 12.5. The van der Waals surface area contributed by atoms with E-state index in [4.69, 9.17) is 0 Å². The molecule has 1 aromatic carbocycles. The first-order chi connectivity index (χ1) is 7.20. The molecule has 0 bridgehead atoms. The molecule has 2 nitrogen and oxygen atoms in total. The van der Waals surface area contributed by atoms with Crippen LogP contribution in [-0.4, -0.2) is 12.1 Å². The molecule has 7 heteroatoms. The predicted molar refractivity (Wildman–Crippen MR) is 50.8 cm³/mol. The molecule has 0 aliphatic heterocycles. The fourth-order valence-electron chi connectivity index (χ4n) is 0.966. The predicted octanol–water partition coefficient (Wildman–Crippen LogP) is 3.69. The standard InChI is InChI=1S/C9H5BrF4O2/c1-4(15)5-2-6(11)8(10)7(3-5)16-9(12,13)14/h2-3H,1H3. The van der Waals surface area contributed by atoms with Crippen LogP contribution in [0.2, 0.25) is 0 Å². The van der Waals surface area contributed by atoms with Crippen LogP contribution in [0.4, 0.5) is 17.6 Å². The lowest BCUT2D eigenvalue weighted by molar-refractivity contribution is -0.275. The van der Waals surface area contributed by atoms with Gasteiger partial charge in [0.2, 0.25) is 0 Å². The Hall–Kier alpha value is -1.11. The molecule has 0 unspecified atom stereocenters. The fourth-order valence-corrected chi connectivity index (χ4v) is 1.28. The van der Waals surface area contributed by atoms with Crippen molar-refractivity contribution in [3.8, 4) is 5.75 Å². The summed E-state index contributed by atoms with van der Waals surface area (Å²) in [6.45, 7) is 1.11. The number of rotatable bonds is 2. The van der Waals surface area contributed by atoms with Crippen molar-refractivity contribution in [2.24, 2.45) is 0 Å². The molecule has 16 heavy (non-hydrogen) atoms. The summed E-state index contributed by atoms with van der Waals surface area (Å²) in [4.78, 5) is 10.9. The highest BCUT2D eigenvalue weighted by atomic mass is 79.9. The summed E-state index contributed by atoms with van der Waals surface area (Å²) in [5, 5.41) is 0. The zero-order valence-electron chi connectivity index (χ0n) is 7.86. The molecule has 0 aliphatic carbocycles. The van der Waals surface area contributed by atoms with E-state index >= 15 is 0 Å². The van der Waals surface area contributed by atoms with Crippen molar-refractivity contribution in [1.29, 1.82) is 0 Å². The fraction of sp³-hybridized carbons (Fsp3) is 0.222. The van der Waals surface area contributed by atoms with Gasteiger partial charge in [-0.3, -0.25) is 4.79 Å². The van der Waals surface area contributed by atoms with Gasteiger partial charge in [-0.15, -0.1) is 13.2 Å². The molecular weight excluding hydrogens is 296 g/mol. The van der Waals surface area contributed by atoms with Crippen molar-refractivity contribution >= 4 is 21.7 Å². The third-order valence-corrected chi connectivity index (χ3v) is 2.40. The summed E-state index contributed by atoms with van der Waals surface area (Å²) in [5.74, 6) is -2.33. The Morgan fingerprint density at radius 3 is 2.38 bits per heavy atom. The van der Waals surface area contributed by atoms with E-state index in [0.717, 1.165) is 19.1 Å². The van der Waals surface area contributed by atoms with E-state index in [2.05, 4.69) is 20.7 Å². The molecule has 0 amide bonds. The van der Waals surface area contributed by atoms with Gasteiger partial charge >= 0.3 is 6.36 Å². The Kier molecular flexibility index (Phi) is 3.57. The summed E-state index contributed by atoms with van der Waals surface area (Å²) in [6, 6.07) is 1.65. The van der Waals surface area contributed by atoms with Crippen LogP contribution in [-0.2, 0) is 0 Å². The smallest absolute Gasteiger partial charge is 0.404 e. The number of carbonyl (C=O) groups is 1. The summed E-state index contributed by atoms with van der Waals surface area (Å²) < 4.78 is 52.0. The average Bonchev–Trinajstić information content (AvgIpc) is 2.10. The number of hydrogen-bond acceptors (Lipinski definition) is 2. The van der Waals surface area contributed by atoms with Crippen molar-refractivity contribution in [3.63, 3.8) is 0 Å². The van der Waals surface area contributed by atoms with Gasteiger partial charge in [0.05, 0.1) is 4.47 Å². The number of halogens is 5. The average molecular weight is 301 g/mol. The lowest BCUT2D eigenvalue weighted by atomic mass is 10.1. The van der Waals surface area contributed by atoms with Gasteiger partial charge in [-0.05, 0) is 35.0 Å². The molecule has 1 rings (SSSR count). The summed E-state index contributed by atoms with van der Waals surface area (Å²) in [6.07, 6.45) is -4.94. The zero-order valence-corrected chi connectivity index (χ0v) is 9.45. The second kappa shape index (κ2) is 4.40. The van der Waals surface area contributed by atoms with Crippen LogP contribution in [0.3, 0.4) is 0 Å². The molecule has 0 radical (unpaired) electrons. The van der Waals surface area contributed by atoms with Gasteiger partial charge in [0.15, 0.2) is 5.78 Å². The van der Waals surface area contributed by atoms with Gasteiger partial charge < -0.3 is 4.74 Å². The number of benzene rings is 1. The molecule has 0 aromatic heterocycles. The van der Waals surface area contributed by atoms with E-state index in [1.807, 2.05) is 0 Å². The monoisotopic (exact) mass is 300 g/mol. The van der Waals surface area contributed by atoms with E-state index < -0.39 is 28.2 Å². The number of ketones is 1. The van der Waals surface area contributed by atoms with E-state index in [9.17, 15) is 22.4 Å². The van der Waals surface area contributed by atoms with Gasteiger partial charge in [0.1, 0.15) is 11.6 Å². The van der Waals surface area contributed by atoms with E-state index in [-0.39, 0.29) is 5.56 Å². The van der Waals surface area contributed by atoms with Crippen molar-refractivity contribution in [2.45, 2.75) is 13.3 Å². The molecule has 0 spiro atoms. The number of carbonyl (C=O) groups excluding carboxylic acids is 1. The maximum absolute atomic E-state index is 13.1. The van der Waals surface area contributed by atoms with Crippen molar-refractivity contribution in [2.75, 3.05) is 0 Å². The number of ether oxygens (including phenoxy) is 1. The van der Waals surface area contributed by atoms with Gasteiger partial charge in [0, 0.05) is 5.56 Å². The molecule has 0 heterocycles. The highest BCUT2D eigenvalue weighted by Crippen LogP contribution is 2.33. The Bertz CT molecular complexity index is 428. The normalized spacial score (nSPS) is 11.4. The molecular formula is C9H5BrF4O2.